The van der Waals surface area contributed by atoms with Gasteiger partial charge in [0, 0.05) is 49.7 Å². The van der Waals surface area contributed by atoms with Gasteiger partial charge < -0.3 is 20.9 Å². The van der Waals surface area contributed by atoms with Crippen molar-refractivity contribution < 1.29 is 9.59 Å². The minimum Gasteiger partial charge on any atom is -0.361 e. The minimum atomic E-state index is -0.180. The van der Waals surface area contributed by atoms with Crippen molar-refractivity contribution in [2.75, 3.05) is 19.6 Å². The van der Waals surface area contributed by atoms with Gasteiger partial charge in [-0.05, 0) is 30.9 Å². The highest BCUT2D eigenvalue weighted by Crippen LogP contribution is 2.19. The molecule has 0 unspecified atom stereocenters. The van der Waals surface area contributed by atoms with E-state index in [2.05, 4.69) is 16.4 Å². The number of aromatic nitrogens is 1. The normalized spacial score (nSPS) is 21.1. The van der Waals surface area contributed by atoms with Gasteiger partial charge in [-0.25, -0.2) is 0 Å². The van der Waals surface area contributed by atoms with Gasteiger partial charge in [-0.3, -0.25) is 9.59 Å². The summed E-state index contributed by atoms with van der Waals surface area (Å²) in [5.41, 5.74) is 8.32. The van der Waals surface area contributed by atoms with Gasteiger partial charge in [0.2, 0.25) is 11.8 Å². The van der Waals surface area contributed by atoms with E-state index in [1.807, 2.05) is 24.4 Å². The van der Waals surface area contributed by atoms with Gasteiger partial charge in [-0.1, -0.05) is 18.2 Å². The van der Waals surface area contributed by atoms with Gasteiger partial charge in [0.25, 0.3) is 0 Å². The summed E-state index contributed by atoms with van der Waals surface area (Å²) in [6, 6.07) is 8.10. The quantitative estimate of drug-likeness (QED) is 0.784. The van der Waals surface area contributed by atoms with Crippen LogP contribution in [0.3, 0.4) is 0 Å². The molecular weight excluding hydrogens is 316 g/mol. The van der Waals surface area contributed by atoms with Crippen LogP contribution >= 0.6 is 0 Å². The smallest absolute Gasteiger partial charge is 0.224 e. The van der Waals surface area contributed by atoms with Crippen molar-refractivity contribution in [1.82, 2.24) is 15.2 Å². The van der Waals surface area contributed by atoms with Crippen LogP contribution in [0.1, 0.15) is 25.3 Å². The molecule has 1 aliphatic rings. The van der Waals surface area contributed by atoms with Gasteiger partial charge in [0.1, 0.15) is 0 Å². The number of aromatic amines is 1. The Bertz CT molecular complexity index is 755. The number of para-hydroxylation sites is 1. The molecule has 1 aromatic heterocycles. The number of nitrogens with one attached hydrogen (secondary N) is 2. The number of carbonyl (C=O) groups is 2. The average molecular weight is 342 g/mol. The first-order valence-electron chi connectivity index (χ1n) is 8.88. The zero-order valence-corrected chi connectivity index (χ0v) is 14.6. The van der Waals surface area contributed by atoms with Crippen LogP contribution in [0.5, 0.6) is 0 Å². The number of benzene rings is 1. The highest BCUT2D eigenvalue weighted by Gasteiger charge is 2.28. The number of nitrogens with zero attached hydrogens (tertiary/aromatic N) is 1. The molecule has 2 heterocycles. The van der Waals surface area contributed by atoms with Crippen LogP contribution < -0.4 is 11.1 Å². The molecule has 134 valence electrons. The molecule has 0 aliphatic carbocycles. The summed E-state index contributed by atoms with van der Waals surface area (Å²) in [6.07, 6.45) is 4.27. The molecule has 3 rings (SSSR count). The van der Waals surface area contributed by atoms with Crippen molar-refractivity contribution in [2.45, 2.75) is 32.2 Å². The maximum atomic E-state index is 12.5. The first-order valence-corrected chi connectivity index (χ1v) is 8.88. The Labute approximate surface area is 147 Å². The third-order valence-electron chi connectivity index (χ3n) is 4.97. The molecule has 6 heteroatoms. The lowest BCUT2D eigenvalue weighted by Crippen LogP contribution is -2.42. The number of rotatable bonds is 4. The van der Waals surface area contributed by atoms with Crippen molar-refractivity contribution in [3.63, 3.8) is 0 Å². The molecule has 1 aromatic carbocycles. The monoisotopic (exact) mass is 342 g/mol. The van der Waals surface area contributed by atoms with E-state index in [9.17, 15) is 9.59 Å². The summed E-state index contributed by atoms with van der Waals surface area (Å²) in [6.45, 7) is 3.11. The predicted octanol–water partition coefficient (Wildman–Crippen LogP) is 1.41. The Morgan fingerprint density at radius 3 is 2.88 bits per heavy atom. The van der Waals surface area contributed by atoms with E-state index in [4.69, 9.17) is 5.73 Å². The number of H-pyrrole nitrogens is 1. The molecule has 1 saturated heterocycles. The van der Waals surface area contributed by atoms with Crippen molar-refractivity contribution in [2.24, 2.45) is 11.7 Å². The summed E-state index contributed by atoms with van der Waals surface area (Å²) in [5, 5.41) is 4.22. The molecule has 2 amide bonds. The SMILES string of the molecule is CC(=O)N1C[C@@H](N)CC[C@@H](C(=O)NCCc2c[nH]c3ccccc23)C1. The van der Waals surface area contributed by atoms with Crippen LogP contribution in [0.4, 0.5) is 0 Å². The largest absolute Gasteiger partial charge is 0.361 e. The Balaban J connectivity index is 1.55. The Morgan fingerprint density at radius 1 is 1.28 bits per heavy atom. The van der Waals surface area contributed by atoms with E-state index in [1.165, 1.54) is 17.9 Å². The van der Waals surface area contributed by atoms with E-state index >= 15 is 0 Å². The average Bonchev–Trinajstić information content (AvgIpc) is 2.89. The second-order valence-corrected chi connectivity index (χ2v) is 6.86. The molecular formula is C19H26N4O2. The number of amides is 2. The number of hydrogen-bond acceptors (Lipinski definition) is 3. The van der Waals surface area contributed by atoms with Crippen LogP contribution in [0, 0.1) is 5.92 Å². The lowest BCUT2D eigenvalue weighted by molar-refractivity contribution is -0.131. The number of fused-ring (bicyclic) bond motifs is 1. The fourth-order valence-corrected chi connectivity index (χ4v) is 3.50. The Morgan fingerprint density at radius 2 is 2.08 bits per heavy atom. The van der Waals surface area contributed by atoms with Crippen LogP contribution in [0.2, 0.25) is 0 Å². The van der Waals surface area contributed by atoms with Crippen LogP contribution in [0.15, 0.2) is 30.5 Å². The molecule has 0 saturated carbocycles. The summed E-state index contributed by atoms with van der Waals surface area (Å²) < 4.78 is 0. The summed E-state index contributed by atoms with van der Waals surface area (Å²) >= 11 is 0. The Hall–Kier alpha value is -2.34. The maximum absolute atomic E-state index is 12.5. The highest BCUT2D eigenvalue weighted by atomic mass is 16.2. The molecule has 25 heavy (non-hydrogen) atoms. The van der Waals surface area contributed by atoms with Gasteiger partial charge >= 0.3 is 0 Å². The van der Waals surface area contributed by atoms with E-state index in [1.54, 1.807) is 4.90 Å². The van der Waals surface area contributed by atoms with E-state index < -0.39 is 0 Å². The number of hydrogen-bond donors (Lipinski definition) is 3. The molecule has 0 bridgehead atoms. The van der Waals surface area contributed by atoms with Crippen molar-refractivity contribution in [3.05, 3.63) is 36.0 Å². The minimum absolute atomic E-state index is 0.0141. The summed E-state index contributed by atoms with van der Waals surface area (Å²) in [4.78, 5) is 29.2. The molecule has 4 N–H and O–H groups in total. The molecule has 1 fully saturated rings. The molecule has 0 spiro atoms. The topological polar surface area (TPSA) is 91.2 Å². The number of carbonyl (C=O) groups excluding carboxylic acids is 2. The zero-order chi connectivity index (χ0) is 17.8. The standard InChI is InChI=1S/C19H26N4O2/c1-13(24)23-11-15(6-7-16(20)12-23)19(25)21-9-8-14-10-22-18-5-3-2-4-17(14)18/h2-5,10,15-16,22H,6-9,11-12,20H2,1H3,(H,21,25)/t15-,16+/m1/s1. The van der Waals surface area contributed by atoms with Crippen LogP contribution in [0.25, 0.3) is 10.9 Å². The fourth-order valence-electron chi connectivity index (χ4n) is 3.50. The van der Waals surface area contributed by atoms with Crippen LogP contribution in [-0.4, -0.2) is 47.4 Å². The van der Waals surface area contributed by atoms with E-state index in [0.29, 0.717) is 19.6 Å². The molecule has 2 atom stereocenters. The van der Waals surface area contributed by atoms with Gasteiger partial charge in [0.05, 0.1) is 5.92 Å². The lowest BCUT2D eigenvalue weighted by atomic mass is 10.0. The van der Waals surface area contributed by atoms with Gasteiger partial charge in [-0.2, -0.15) is 0 Å². The molecule has 6 nitrogen and oxygen atoms in total. The van der Waals surface area contributed by atoms with Crippen molar-refractivity contribution in [1.29, 1.82) is 0 Å². The predicted molar refractivity (Wildman–Crippen MR) is 98.0 cm³/mol. The number of nitrogens with two attached hydrogens (primary N) is 1. The molecule has 2 aromatic rings. The zero-order valence-electron chi connectivity index (χ0n) is 14.6. The Kier molecular flexibility index (Phi) is 5.38. The van der Waals surface area contributed by atoms with Gasteiger partial charge in [-0.15, -0.1) is 0 Å². The molecule has 0 radical (unpaired) electrons. The van der Waals surface area contributed by atoms with E-state index in [0.717, 1.165) is 24.8 Å². The van der Waals surface area contributed by atoms with E-state index in [-0.39, 0.29) is 23.8 Å². The summed E-state index contributed by atoms with van der Waals surface area (Å²) in [7, 11) is 0. The van der Waals surface area contributed by atoms with Crippen molar-refractivity contribution in [3.8, 4) is 0 Å². The fraction of sp³-hybridized carbons (Fsp3) is 0.474. The highest BCUT2D eigenvalue weighted by molar-refractivity contribution is 5.83. The molecule has 1 aliphatic heterocycles. The first-order chi connectivity index (χ1) is 12.0. The second-order valence-electron chi connectivity index (χ2n) is 6.86. The second kappa shape index (κ2) is 7.70. The van der Waals surface area contributed by atoms with Gasteiger partial charge in [0.15, 0.2) is 0 Å². The maximum Gasteiger partial charge on any atom is 0.224 e. The number of likely N-dealkylation sites (tertiary alicyclic amines) is 1. The lowest BCUT2D eigenvalue weighted by Gasteiger charge is -2.23. The van der Waals surface area contributed by atoms with Crippen LogP contribution in [-0.2, 0) is 16.0 Å². The third kappa shape index (κ3) is 4.20. The van der Waals surface area contributed by atoms with Crippen molar-refractivity contribution >= 4 is 22.7 Å². The summed E-state index contributed by atoms with van der Waals surface area (Å²) in [5.74, 6) is -0.186. The third-order valence-corrected chi connectivity index (χ3v) is 4.97. The first kappa shape index (κ1) is 17.5.